The number of aryl methyl sites for hydroxylation is 1. The van der Waals surface area contributed by atoms with Crippen LogP contribution in [-0.4, -0.2) is 24.0 Å². The molecule has 0 saturated heterocycles. The number of methoxy groups -OCH3 is 1. The quantitative estimate of drug-likeness (QED) is 0.533. The van der Waals surface area contributed by atoms with Crippen molar-refractivity contribution in [3.63, 3.8) is 0 Å². The SMILES string of the molecule is COc1cc(F)c(-c2c(C)c(C)nc3ccc(C(=O)N=C(N)N)cc23)c(F)c1. The molecule has 2 aromatic carbocycles. The number of nitrogens with zero attached hydrogens (tertiary/aromatic N) is 2. The average Bonchev–Trinajstić information content (AvgIpc) is 2.63. The molecule has 1 aromatic heterocycles. The Morgan fingerprint density at radius 1 is 1.07 bits per heavy atom. The van der Waals surface area contributed by atoms with Gasteiger partial charge in [-0.05, 0) is 37.6 Å². The van der Waals surface area contributed by atoms with Gasteiger partial charge in [0.1, 0.15) is 17.4 Å². The fraction of sp³-hybridized carbons (Fsp3) is 0.150. The summed E-state index contributed by atoms with van der Waals surface area (Å²) in [6.07, 6.45) is 0. The van der Waals surface area contributed by atoms with Crippen LogP contribution in [0.25, 0.3) is 22.0 Å². The minimum absolute atomic E-state index is 0.0649. The van der Waals surface area contributed by atoms with Gasteiger partial charge in [-0.15, -0.1) is 0 Å². The second-order valence-electron chi connectivity index (χ2n) is 6.24. The number of carbonyl (C=O) groups excluding carboxylic acids is 1. The van der Waals surface area contributed by atoms with Gasteiger partial charge >= 0.3 is 0 Å². The summed E-state index contributed by atoms with van der Waals surface area (Å²) in [4.78, 5) is 20.1. The molecule has 0 saturated carbocycles. The van der Waals surface area contributed by atoms with E-state index in [0.717, 1.165) is 12.1 Å². The van der Waals surface area contributed by atoms with E-state index in [1.807, 2.05) is 0 Å². The maximum absolute atomic E-state index is 14.8. The summed E-state index contributed by atoms with van der Waals surface area (Å²) in [6, 6.07) is 6.77. The van der Waals surface area contributed by atoms with Gasteiger partial charge in [0.15, 0.2) is 5.96 Å². The highest BCUT2D eigenvalue weighted by atomic mass is 19.1. The molecule has 3 aromatic rings. The van der Waals surface area contributed by atoms with E-state index in [-0.39, 0.29) is 22.8 Å². The molecule has 0 radical (unpaired) electrons. The minimum atomic E-state index is -0.784. The number of ether oxygens (including phenoxy) is 1. The number of hydrogen-bond acceptors (Lipinski definition) is 3. The molecule has 0 spiro atoms. The van der Waals surface area contributed by atoms with Crippen molar-refractivity contribution in [1.29, 1.82) is 0 Å². The van der Waals surface area contributed by atoms with Gasteiger partial charge in [-0.1, -0.05) is 0 Å². The average molecular weight is 384 g/mol. The predicted molar refractivity (Wildman–Crippen MR) is 103 cm³/mol. The first kappa shape index (κ1) is 19.2. The summed E-state index contributed by atoms with van der Waals surface area (Å²) in [5.41, 5.74) is 12.4. The van der Waals surface area contributed by atoms with Crippen LogP contribution in [0.2, 0.25) is 0 Å². The highest BCUT2D eigenvalue weighted by Gasteiger charge is 2.21. The Balaban J connectivity index is 2.37. The number of pyridine rings is 1. The Bertz CT molecular complexity index is 1120. The Kier molecular flexibility index (Phi) is 4.96. The summed E-state index contributed by atoms with van der Waals surface area (Å²) >= 11 is 0. The van der Waals surface area contributed by atoms with Crippen molar-refractivity contribution in [2.75, 3.05) is 7.11 Å². The molecule has 0 unspecified atom stereocenters. The second-order valence-corrected chi connectivity index (χ2v) is 6.24. The fourth-order valence-corrected chi connectivity index (χ4v) is 3.02. The molecule has 3 rings (SSSR count). The lowest BCUT2D eigenvalue weighted by molar-refractivity contribution is 0.100. The topological polar surface area (TPSA) is 104 Å². The molecule has 28 heavy (non-hydrogen) atoms. The van der Waals surface area contributed by atoms with Crippen LogP contribution in [0.3, 0.4) is 0 Å². The Morgan fingerprint density at radius 2 is 1.71 bits per heavy atom. The molecule has 6 nitrogen and oxygen atoms in total. The smallest absolute Gasteiger partial charge is 0.280 e. The number of aliphatic imine (C=N–C) groups is 1. The van der Waals surface area contributed by atoms with Gasteiger partial charge in [0.2, 0.25) is 0 Å². The van der Waals surface area contributed by atoms with E-state index >= 15 is 0 Å². The number of halogens is 2. The third kappa shape index (κ3) is 3.36. The summed E-state index contributed by atoms with van der Waals surface area (Å²) in [5.74, 6) is -2.55. The molecule has 4 N–H and O–H groups in total. The van der Waals surface area contributed by atoms with E-state index in [4.69, 9.17) is 16.2 Å². The normalized spacial score (nSPS) is 10.8. The van der Waals surface area contributed by atoms with E-state index in [0.29, 0.717) is 27.7 Å². The lowest BCUT2D eigenvalue weighted by Gasteiger charge is -2.15. The number of amides is 1. The molecule has 8 heteroatoms. The van der Waals surface area contributed by atoms with Gasteiger partial charge in [0.25, 0.3) is 5.91 Å². The summed E-state index contributed by atoms with van der Waals surface area (Å²) in [5, 5.41) is 0.405. The lowest BCUT2D eigenvalue weighted by Crippen LogP contribution is -2.24. The van der Waals surface area contributed by atoms with Crippen LogP contribution in [0.4, 0.5) is 8.78 Å². The van der Waals surface area contributed by atoms with Gasteiger partial charge in [0.05, 0.1) is 18.2 Å². The third-order valence-electron chi connectivity index (χ3n) is 4.45. The van der Waals surface area contributed by atoms with Gasteiger partial charge < -0.3 is 16.2 Å². The lowest BCUT2D eigenvalue weighted by atomic mass is 9.93. The number of rotatable bonds is 3. The monoisotopic (exact) mass is 384 g/mol. The van der Waals surface area contributed by atoms with Crippen molar-refractivity contribution in [2.24, 2.45) is 16.5 Å². The van der Waals surface area contributed by atoms with E-state index in [9.17, 15) is 13.6 Å². The maximum Gasteiger partial charge on any atom is 0.280 e. The van der Waals surface area contributed by atoms with Crippen LogP contribution in [0.5, 0.6) is 5.75 Å². The first-order chi connectivity index (χ1) is 13.2. The van der Waals surface area contributed by atoms with Crippen molar-refractivity contribution in [1.82, 2.24) is 4.98 Å². The number of fused-ring (bicyclic) bond motifs is 1. The number of carbonyl (C=O) groups is 1. The summed E-state index contributed by atoms with van der Waals surface area (Å²) in [6.45, 7) is 3.46. The Labute approximate surface area is 159 Å². The van der Waals surface area contributed by atoms with Gasteiger partial charge in [-0.25, -0.2) is 8.78 Å². The molecule has 0 fully saturated rings. The van der Waals surface area contributed by atoms with Crippen LogP contribution >= 0.6 is 0 Å². The fourth-order valence-electron chi connectivity index (χ4n) is 3.02. The van der Waals surface area contributed by atoms with Crippen LogP contribution < -0.4 is 16.2 Å². The van der Waals surface area contributed by atoms with Gasteiger partial charge in [-0.3, -0.25) is 9.78 Å². The molecule has 0 aliphatic carbocycles. The molecule has 1 heterocycles. The van der Waals surface area contributed by atoms with Crippen LogP contribution in [0, 0.1) is 25.5 Å². The number of aromatic nitrogens is 1. The molecule has 0 bridgehead atoms. The molecule has 0 atom stereocenters. The first-order valence-corrected chi connectivity index (χ1v) is 8.31. The van der Waals surface area contributed by atoms with Crippen molar-refractivity contribution in [2.45, 2.75) is 13.8 Å². The van der Waals surface area contributed by atoms with Crippen LogP contribution in [-0.2, 0) is 0 Å². The van der Waals surface area contributed by atoms with Crippen molar-refractivity contribution in [3.8, 4) is 16.9 Å². The van der Waals surface area contributed by atoms with E-state index in [1.54, 1.807) is 19.9 Å². The molecule has 0 aliphatic heterocycles. The molecular weight excluding hydrogens is 366 g/mol. The Hall–Kier alpha value is -3.55. The van der Waals surface area contributed by atoms with Crippen molar-refractivity contribution >= 4 is 22.8 Å². The van der Waals surface area contributed by atoms with E-state index < -0.39 is 17.5 Å². The van der Waals surface area contributed by atoms with E-state index in [1.165, 1.54) is 19.2 Å². The zero-order valence-electron chi connectivity index (χ0n) is 15.5. The standard InChI is InChI=1S/C20H18F2N4O2/c1-9-10(2)25-16-5-4-11(19(27)26-20(23)24)6-13(16)17(9)18-14(21)7-12(28-3)8-15(18)22/h4-8H,1-3H3,(H4,23,24,26,27). The third-order valence-corrected chi connectivity index (χ3v) is 4.45. The maximum atomic E-state index is 14.8. The highest BCUT2D eigenvalue weighted by Crippen LogP contribution is 2.37. The largest absolute Gasteiger partial charge is 0.497 e. The number of nitrogens with two attached hydrogens (primary N) is 2. The zero-order valence-corrected chi connectivity index (χ0v) is 15.5. The first-order valence-electron chi connectivity index (χ1n) is 8.31. The van der Waals surface area contributed by atoms with Crippen LogP contribution in [0.1, 0.15) is 21.6 Å². The summed E-state index contributed by atoms with van der Waals surface area (Å²) < 4.78 is 34.5. The molecular formula is C20H18F2N4O2. The number of guanidine groups is 1. The highest BCUT2D eigenvalue weighted by molar-refractivity contribution is 6.06. The van der Waals surface area contributed by atoms with Gasteiger partial charge in [0, 0.05) is 34.3 Å². The molecule has 144 valence electrons. The Morgan fingerprint density at radius 3 is 2.29 bits per heavy atom. The molecule has 0 aliphatic rings. The van der Waals surface area contributed by atoms with Gasteiger partial charge in [-0.2, -0.15) is 4.99 Å². The van der Waals surface area contributed by atoms with Crippen molar-refractivity contribution in [3.05, 3.63) is 58.8 Å². The van der Waals surface area contributed by atoms with E-state index in [2.05, 4.69) is 9.98 Å². The zero-order chi connectivity index (χ0) is 20.6. The second kappa shape index (κ2) is 7.22. The minimum Gasteiger partial charge on any atom is -0.497 e. The summed E-state index contributed by atoms with van der Waals surface area (Å²) in [7, 11) is 1.33. The number of benzene rings is 2. The van der Waals surface area contributed by atoms with Crippen LogP contribution in [0.15, 0.2) is 35.3 Å². The predicted octanol–water partition coefficient (Wildman–Crippen LogP) is 3.22. The molecule has 1 amide bonds. The van der Waals surface area contributed by atoms with Crippen molar-refractivity contribution < 1.29 is 18.3 Å². The number of hydrogen-bond donors (Lipinski definition) is 2.